The summed E-state index contributed by atoms with van der Waals surface area (Å²) in [4.78, 5) is 4.98. The van der Waals surface area contributed by atoms with Crippen LogP contribution in [-0.4, -0.2) is 4.98 Å². The van der Waals surface area contributed by atoms with Crippen molar-refractivity contribution in [3.8, 4) is 0 Å². The molecule has 112 valence electrons. The molecule has 0 saturated carbocycles. The third kappa shape index (κ3) is 2.49. The Labute approximate surface area is 123 Å². The first-order valence-corrected chi connectivity index (χ1v) is 7.85. The Morgan fingerprint density at radius 2 is 1.60 bits per heavy atom. The predicted octanol–water partition coefficient (Wildman–Crippen LogP) is 5.58. The number of halogens is 1. The van der Waals surface area contributed by atoms with Gasteiger partial charge in [0.05, 0.1) is 0 Å². The minimum Gasteiger partial charge on any atom is -0.257 e. The van der Waals surface area contributed by atoms with Gasteiger partial charge in [-0.2, -0.15) is 0 Å². The lowest BCUT2D eigenvalue weighted by Gasteiger charge is -2.29. The zero-order valence-electron chi connectivity index (χ0n) is 14.0. The monoisotopic (exact) mass is 277 g/mol. The Morgan fingerprint density at radius 1 is 1.05 bits per heavy atom. The van der Waals surface area contributed by atoms with Crippen molar-refractivity contribution >= 4 is 0 Å². The number of alkyl halides is 1. The van der Waals surface area contributed by atoms with E-state index in [1.807, 2.05) is 0 Å². The molecule has 1 aromatic rings. The van der Waals surface area contributed by atoms with Gasteiger partial charge < -0.3 is 0 Å². The fourth-order valence-corrected chi connectivity index (χ4v) is 3.39. The van der Waals surface area contributed by atoms with Gasteiger partial charge in [0, 0.05) is 11.4 Å². The highest BCUT2D eigenvalue weighted by atomic mass is 19.1. The summed E-state index contributed by atoms with van der Waals surface area (Å²) < 4.78 is 14.6. The van der Waals surface area contributed by atoms with Crippen LogP contribution >= 0.6 is 0 Å². The van der Waals surface area contributed by atoms with Crippen molar-refractivity contribution in [3.63, 3.8) is 0 Å². The zero-order chi connectivity index (χ0) is 15.2. The van der Waals surface area contributed by atoms with Crippen LogP contribution in [0, 0.1) is 0 Å². The van der Waals surface area contributed by atoms with Crippen LogP contribution in [0.4, 0.5) is 4.39 Å². The normalized spacial score (nSPS) is 19.0. The van der Waals surface area contributed by atoms with Gasteiger partial charge in [0.2, 0.25) is 0 Å². The molecule has 1 aliphatic carbocycles. The van der Waals surface area contributed by atoms with Crippen LogP contribution in [0.5, 0.6) is 0 Å². The number of aromatic nitrogens is 1. The predicted molar refractivity (Wildman–Crippen MR) is 83.3 cm³/mol. The van der Waals surface area contributed by atoms with Crippen molar-refractivity contribution in [2.75, 3.05) is 0 Å². The van der Waals surface area contributed by atoms with Crippen molar-refractivity contribution in [2.24, 2.45) is 0 Å². The second-order valence-electron chi connectivity index (χ2n) is 7.72. The number of fused-ring (bicyclic) bond motifs is 1. The summed E-state index contributed by atoms with van der Waals surface area (Å²) in [5, 5.41) is 0. The third-order valence-corrected chi connectivity index (χ3v) is 4.21. The Balaban J connectivity index is 2.83. The van der Waals surface area contributed by atoms with Crippen molar-refractivity contribution < 1.29 is 4.39 Å². The minimum absolute atomic E-state index is 0.0547. The first kappa shape index (κ1) is 15.5. The van der Waals surface area contributed by atoms with Crippen LogP contribution in [0.25, 0.3) is 0 Å². The largest absolute Gasteiger partial charge is 0.257 e. The van der Waals surface area contributed by atoms with Crippen LogP contribution in [-0.2, 0) is 11.8 Å². The maximum atomic E-state index is 14.6. The van der Waals surface area contributed by atoms with Crippen LogP contribution in [0.2, 0.25) is 0 Å². The summed E-state index contributed by atoms with van der Waals surface area (Å²) in [7, 11) is 0. The van der Waals surface area contributed by atoms with Gasteiger partial charge in [-0.1, -0.05) is 48.5 Å². The molecule has 1 nitrogen and oxygen atoms in total. The molecule has 1 aliphatic rings. The second-order valence-corrected chi connectivity index (χ2v) is 7.72. The average Bonchev–Trinajstić information content (AvgIpc) is 2.68. The highest BCUT2D eigenvalue weighted by Crippen LogP contribution is 2.45. The summed E-state index contributed by atoms with van der Waals surface area (Å²) in [6.07, 6.45) is 0.664. The van der Waals surface area contributed by atoms with Crippen LogP contribution < -0.4 is 0 Å². The summed E-state index contributed by atoms with van der Waals surface area (Å²) in [6.45, 7) is 15.2. The molecule has 20 heavy (non-hydrogen) atoms. The van der Waals surface area contributed by atoms with Gasteiger partial charge in [-0.15, -0.1) is 0 Å². The topological polar surface area (TPSA) is 12.9 Å². The van der Waals surface area contributed by atoms with Gasteiger partial charge >= 0.3 is 0 Å². The first-order valence-electron chi connectivity index (χ1n) is 7.85. The lowest BCUT2D eigenvalue weighted by molar-refractivity contribution is 0.337. The van der Waals surface area contributed by atoms with E-state index in [-0.39, 0.29) is 5.41 Å². The smallest absolute Gasteiger partial charge is 0.126 e. The van der Waals surface area contributed by atoms with E-state index in [4.69, 9.17) is 4.98 Å². The van der Waals surface area contributed by atoms with Crippen molar-refractivity contribution in [1.82, 2.24) is 4.98 Å². The molecule has 0 radical (unpaired) electrons. The van der Waals surface area contributed by atoms with Crippen molar-refractivity contribution in [3.05, 3.63) is 28.1 Å². The lowest BCUT2D eigenvalue weighted by Crippen LogP contribution is -2.21. The Hall–Kier alpha value is -0.920. The number of rotatable bonds is 2. The average molecular weight is 277 g/mol. The molecular formula is C18H28FN. The number of nitrogens with zero attached hydrogens (tertiary/aromatic N) is 1. The summed E-state index contributed by atoms with van der Waals surface area (Å²) in [5.41, 5.74) is 5.50. The second kappa shape index (κ2) is 5.13. The van der Waals surface area contributed by atoms with E-state index in [0.29, 0.717) is 18.3 Å². The van der Waals surface area contributed by atoms with E-state index in [1.54, 1.807) is 0 Å². The molecule has 1 heterocycles. The Morgan fingerprint density at radius 3 is 2.05 bits per heavy atom. The molecule has 0 amide bonds. The summed E-state index contributed by atoms with van der Waals surface area (Å²) in [6, 6.07) is 0. The van der Waals surface area contributed by atoms with E-state index >= 15 is 0 Å². The summed E-state index contributed by atoms with van der Waals surface area (Å²) >= 11 is 0. The molecule has 0 fully saturated rings. The number of hydrogen-bond donors (Lipinski definition) is 0. The van der Waals surface area contributed by atoms with Crippen molar-refractivity contribution in [1.29, 1.82) is 0 Å². The SMILES string of the molecule is CC(C)c1nc(C(C)C)c(C(C)(C)C)c2c1CCC2F. The Bertz CT molecular complexity index is 509. The quantitative estimate of drug-likeness (QED) is 0.687. The third-order valence-electron chi connectivity index (χ3n) is 4.21. The molecule has 0 saturated heterocycles. The van der Waals surface area contributed by atoms with Gasteiger partial charge in [-0.25, -0.2) is 4.39 Å². The first-order chi connectivity index (χ1) is 9.14. The van der Waals surface area contributed by atoms with Crippen molar-refractivity contribution in [2.45, 2.75) is 84.7 Å². The van der Waals surface area contributed by atoms with E-state index in [2.05, 4.69) is 48.5 Å². The molecule has 0 aromatic carbocycles. The molecule has 0 spiro atoms. The molecule has 1 aromatic heterocycles. The highest BCUT2D eigenvalue weighted by molar-refractivity contribution is 5.49. The minimum atomic E-state index is -0.808. The molecule has 0 bridgehead atoms. The highest BCUT2D eigenvalue weighted by Gasteiger charge is 2.35. The number of hydrogen-bond acceptors (Lipinski definition) is 1. The molecule has 0 aliphatic heterocycles. The fraction of sp³-hybridized carbons (Fsp3) is 0.722. The van der Waals surface area contributed by atoms with Crippen LogP contribution in [0.3, 0.4) is 0 Å². The van der Waals surface area contributed by atoms with E-state index < -0.39 is 6.17 Å². The molecule has 0 N–H and O–H groups in total. The zero-order valence-corrected chi connectivity index (χ0v) is 14.0. The van der Waals surface area contributed by atoms with E-state index in [9.17, 15) is 4.39 Å². The molecular weight excluding hydrogens is 249 g/mol. The van der Waals surface area contributed by atoms with Gasteiger partial charge in [0.1, 0.15) is 6.17 Å². The van der Waals surface area contributed by atoms with Crippen LogP contribution in [0.1, 0.15) is 101 Å². The fourth-order valence-electron chi connectivity index (χ4n) is 3.39. The van der Waals surface area contributed by atoms with Crippen LogP contribution in [0.15, 0.2) is 0 Å². The molecule has 1 unspecified atom stereocenters. The molecule has 2 heteroatoms. The lowest BCUT2D eigenvalue weighted by atomic mass is 9.78. The van der Waals surface area contributed by atoms with E-state index in [1.165, 1.54) is 5.56 Å². The van der Waals surface area contributed by atoms with Gasteiger partial charge in [-0.3, -0.25) is 4.98 Å². The Kier molecular flexibility index (Phi) is 3.96. The van der Waals surface area contributed by atoms with Gasteiger partial charge in [-0.05, 0) is 46.8 Å². The maximum Gasteiger partial charge on any atom is 0.126 e. The molecule has 2 rings (SSSR count). The van der Waals surface area contributed by atoms with Gasteiger partial charge in [0.25, 0.3) is 0 Å². The van der Waals surface area contributed by atoms with Gasteiger partial charge in [0.15, 0.2) is 0 Å². The number of pyridine rings is 1. The molecule has 1 atom stereocenters. The standard InChI is InChI=1S/C18H28FN/c1-10(2)16-12-8-9-13(19)14(12)15(18(5,6)7)17(20-16)11(3)4/h10-11,13H,8-9H2,1-7H3. The van der Waals surface area contributed by atoms with E-state index in [0.717, 1.165) is 28.9 Å². The summed E-state index contributed by atoms with van der Waals surface area (Å²) in [5.74, 6) is 0.695. The maximum absolute atomic E-state index is 14.6.